The lowest BCUT2D eigenvalue weighted by Gasteiger charge is -2.23. The molecule has 12 heteroatoms. The van der Waals surface area contributed by atoms with Crippen molar-refractivity contribution >= 4 is 34.1 Å². The summed E-state index contributed by atoms with van der Waals surface area (Å²) < 4.78 is 10.9. The number of hydrogen-bond donors (Lipinski definition) is 2. The normalized spacial score (nSPS) is 11.3. The van der Waals surface area contributed by atoms with E-state index < -0.39 is 4.92 Å². The smallest absolute Gasteiger partial charge is 0.269 e. The van der Waals surface area contributed by atoms with Gasteiger partial charge in [0.1, 0.15) is 22.9 Å². The Balaban J connectivity index is 1.86. The molecule has 3 aromatic rings. The zero-order chi connectivity index (χ0) is 26.8. The van der Waals surface area contributed by atoms with Gasteiger partial charge in [0.15, 0.2) is 0 Å². The van der Waals surface area contributed by atoms with E-state index in [1.165, 1.54) is 38.5 Å². The lowest BCUT2D eigenvalue weighted by molar-refractivity contribution is -0.384. The molecule has 0 aliphatic rings. The van der Waals surface area contributed by atoms with E-state index in [0.29, 0.717) is 47.3 Å². The van der Waals surface area contributed by atoms with E-state index in [1.54, 1.807) is 12.1 Å². The predicted molar refractivity (Wildman–Crippen MR) is 139 cm³/mol. The van der Waals surface area contributed by atoms with Gasteiger partial charge in [-0.05, 0) is 42.8 Å². The summed E-state index contributed by atoms with van der Waals surface area (Å²) in [5.74, 6) is 0.782. The first-order valence-electron chi connectivity index (χ1n) is 11.3. The third kappa shape index (κ3) is 7.06. The monoisotopic (exact) mass is 508 g/mol. The molecule has 194 valence electrons. The summed E-state index contributed by atoms with van der Waals surface area (Å²) in [5.41, 5.74) is 3.56. The molecule has 0 fully saturated rings. The second-order valence-electron chi connectivity index (χ2n) is 7.77. The summed E-state index contributed by atoms with van der Waals surface area (Å²) in [7, 11) is 2.98. The summed E-state index contributed by atoms with van der Waals surface area (Å²) >= 11 is 0. The number of nitrogens with zero attached hydrogens (tertiary/aromatic N) is 6. The van der Waals surface area contributed by atoms with E-state index >= 15 is 0 Å². The number of methoxy groups -OCH3 is 2. The fourth-order valence-corrected chi connectivity index (χ4v) is 3.44. The second-order valence-corrected chi connectivity index (χ2v) is 7.77. The highest BCUT2D eigenvalue weighted by Crippen LogP contribution is 2.41. The lowest BCUT2D eigenvalue weighted by Crippen LogP contribution is -2.29. The van der Waals surface area contributed by atoms with Crippen LogP contribution >= 0.6 is 0 Å². The Hall–Kier alpha value is -4.42. The fourth-order valence-electron chi connectivity index (χ4n) is 3.44. The van der Waals surface area contributed by atoms with Crippen LogP contribution in [0.3, 0.4) is 0 Å². The number of benzene rings is 3. The number of aliphatic hydroxyl groups is 2. The molecule has 12 nitrogen and oxygen atoms in total. The van der Waals surface area contributed by atoms with E-state index in [1.807, 2.05) is 30.0 Å². The van der Waals surface area contributed by atoms with Gasteiger partial charge in [-0.15, -0.1) is 10.2 Å². The molecule has 0 saturated carbocycles. The van der Waals surface area contributed by atoms with Gasteiger partial charge in [-0.2, -0.15) is 10.2 Å². The summed E-state index contributed by atoms with van der Waals surface area (Å²) in [4.78, 5) is 12.2. The molecule has 0 bridgehead atoms. The van der Waals surface area contributed by atoms with Crippen LogP contribution in [0.25, 0.3) is 0 Å². The van der Waals surface area contributed by atoms with Crippen molar-refractivity contribution in [3.8, 4) is 11.5 Å². The van der Waals surface area contributed by atoms with Crippen molar-refractivity contribution in [2.45, 2.75) is 6.92 Å². The minimum Gasteiger partial charge on any atom is -0.494 e. The van der Waals surface area contributed by atoms with E-state index in [-0.39, 0.29) is 18.9 Å². The number of aryl methyl sites for hydroxylation is 1. The first-order chi connectivity index (χ1) is 17.9. The van der Waals surface area contributed by atoms with Crippen LogP contribution in [0.2, 0.25) is 0 Å². The quantitative estimate of drug-likeness (QED) is 0.185. The van der Waals surface area contributed by atoms with Crippen molar-refractivity contribution in [2.75, 3.05) is 45.4 Å². The number of ether oxygens (including phenoxy) is 2. The summed E-state index contributed by atoms with van der Waals surface area (Å²) in [5, 5.41) is 46.4. The number of nitro groups is 1. The number of azo groups is 2. The van der Waals surface area contributed by atoms with Gasteiger partial charge in [0.05, 0.1) is 43.7 Å². The first kappa shape index (κ1) is 27.2. The minimum atomic E-state index is -0.485. The van der Waals surface area contributed by atoms with Crippen molar-refractivity contribution in [1.82, 2.24) is 0 Å². The maximum Gasteiger partial charge on any atom is 0.269 e. The Morgan fingerprint density at radius 2 is 1.35 bits per heavy atom. The van der Waals surface area contributed by atoms with E-state index in [0.717, 1.165) is 11.3 Å². The van der Waals surface area contributed by atoms with Crippen molar-refractivity contribution < 1.29 is 24.6 Å². The Labute approximate surface area is 213 Å². The zero-order valence-electron chi connectivity index (χ0n) is 20.7. The Bertz CT molecular complexity index is 1270. The van der Waals surface area contributed by atoms with Crippen LogP contribution in [-0.2, 0) is 0 Å². The van der Waals surface area contributed by atoms with Crippen molar-refractivity contribution in [3.63, 3.8) is 0 Å². The van der Waals surface area contributed by atoms with Gasteiger partial charge in [0.25, 0.3) is 5.69 Å². The number of nitro benzene ring substituents is 1. The number of hydrogen-bond acceptors (Lipinski definition) is 11. The SMILES string of the molecule is COc1cc(N=Nc2ccc(N(CCO)CCO)cc2C)c(OC)cc1N=Nc1ccc([N+](=O)[O-])cc1. The van der Waals surface area contributed by atoms with E-state index in [2.05, 4.69) is 20.5 Å². The standard InChI is InChI=1S/C25H28N6O6/c1-17-14-20(30(10-12-32)11-13-33)8-9-21(17)27-29-23-16-24(36-2)22(15-25(23)37-3)28-26-18-4-6-19(7-5-18)31(34)35/h4-9,14-16,32-33H,10-13H2,1-3H3. The third-order valence-electron chi connectivity index (χ3n) is 5.36. The topological polar surface area (TPSA) is 155 Å². The molecule has 3 rings (SSSR count). The van der Waals surface area contributed by atoms with Gasteiger partial charge >= 0.3 is 0 Å². The van der Waals surface area contributed by atoms with Crippen LogP contribution < -0.4 is 14.4 Å². The maximum absolute atomic E-state index is 10.8. The Kier molecular flexibility index (Phi) is 9.58. The second kappa shape index (κ2) is 13.0. The van der Waals surface area contributed by atoms with Crippen LogP contribution in [0.15, 0.2) is 75.1 Å². The van der Waals surface area contributed by atoms with Gasteiger partial charge in [0, 0.05) is 43.0 Å². The molecule has 0 heterocycles. The fraction of sp³-hybridized carbons (Fsp3) is 0.280. The van der Waals surface area contributed by atoms with E-state index in [9.17, 15) is 20.3 Å². The highest BCUT2D eigenvalue weighted by Gasteiger charge is 2.13. The van der Waals surface area contributed by atoms with Gasteiger partial charge < -0.3 is 24.6 Å². The third-order valence-corrected chi connectivity index (χ3v) is 5.36. The molecular formula is C25H28N6O6. The lowest BCUT2D eigenvalue weighted by atomic mass is 10.1. The van der Waals surface area contributed by atoms with Crippen LogP contribution in [0.5, 0.6) is 11.5 Å². The van der Waals surface area contributed by atoms with Crippen molar-refractivity contribution in [3.05, 3.63) is 70.3 Å². The number of aliphatic hydroxyl groups excluding tert-OH is 2. The van der Waals surface area contributed by atoms with Crippen LogP contribution in [0, 0.1) is 17.0 Å². The first-order valence-corrected chi connectivity index (χ1v) is 11.3. The molecule has 37 heavy (non-hydrogen) atoms. The molecule has 3 aromatic carbocycles. The molecule has 2 N–H and O–H groups in total. The molecule has 0 aliphatic carbocycles. The molecule has 0 spiro atoms. The van der Waals surface area contributed by atoms with Crippen molar-refractivity contribution in [2.24, 2.45) is 20.5 Å². The summed E-state index contributed by atoms with van der Waals surface area (Å²) in [6, 6.07) is 14.5. The van der Waals surface area contributed by atoms with E-state index in [4.69, 9.17) is 9.47 Å². The van der Waals surface area contributed by atoms with Gasteiger partial charge in [0.2, 0.25) is 0 Å². The average molecular weight is 509 g/mol. The van der Waals surface area contributed by atoms with Crippen LogP contribution in [-0.4, -0.2) is 55.7 Å². The van der Waals surface area contributed by atoms with Crippen LogP contribution in [0.4, 0.5) is 34.1 Å². The largest absolute Gasteiger partial charge is 0.494 e. The maximum atomic E-state index is 10.8. The average Bonchev–Trinajstić information content (AvgIpc) is 2.91. The highest BCUT2D eigenvalue weighted by atomic mass is 16.6. The van der Waals surface area contributed by atoms with Crippen molar-refractivity contribution in [1.29, 1.82) is 0 Å². The number of non-ortho nitro benzene ring substituents is 1. The van der Waals surface area contributed by atoms with Gasteiger partial charge in [-0.3, -0.25) is 10.1 Å². The Morgan fingerprint density at radius 3 is 1.84 bits per heavy atom. The van der Waals surface area contributed by atoms with Crippen LogP contribution in [0.1, 0.15) is 5.56 Å². The molecule has 0 unspecified atom stereocenters. The molecule has 0 radical (unpaired) electrons. The minimum absolute atomic E-state index is 0.0222. The molecular weight excluding hydrogens is 480 g/mol. The zero-order valence-corrected chi connectivity index (χ0v) is 20.7. The number of anilines is 1. The summed E-state index contributed by atoms with van der Waals surface area (Å²) in [6.45, 7) is 2.67. The van der Waals surface area contributed by atoms with Gasteiger partial charge in [-0.1, -0.05) is 0 Å². The molecule has 0 aromatic heterocycles. The summed E-state index contributed by atoms with van der Waals surface area (Å²) in [6.07, 6.45) is 0. The predicted octanol–water partition coefficient (Wildman–Crippen LogP) is 5.54. The van der Waals surface area contributed by atoms with Gasteiger partial charge in [-0.25, -0.2) is 0 Å². The molecule has 0 atom stereocenters. The number of rotatable bonds is 12. The molecule has 0 saturated heterocycles. The molecule has 0 aliphatic heterocycles. The Morgan fingerprint density at radius 1 is 0.811 bits per heavy atom. The molecule has 0 amide bonds. The highest BCUT2D eigenvalue weighted by molar-refractivity contribution is 5.67.